The SMILES string of the molecule is CC[n+]1c(/C=C/c2ccc(-c3ccccc3Br)o2)sc2ccccc21. The summed E-state index contributed by atoms with van der Waals surface area (Å²) in [5, 5.41) is 1.22. The second-order valence-electron chi connectivity index (χ2n) is 5.67. The zero-order valence-electron chi connectivity index (χ0n) is 13.8. The fourth-order valence-corrected chi connectivity index (χ4v) is 4.51. The number of rotatable bonds is 4. The highest BCUT2D eigenvalue weighted by Gasteiger charge is 2.16. The number of hydrogen-bond acceptors (Lipinski definition) is 2. The Hall–Kier alpha value is -2.17. The number of benzene rings is 2. The first-order valence-corrected chi connectivity index (χ1v) is 9.81. The number of halogens is 1. The van der Waals surface area contributed by atoms with Crippen molar-refractivity contribution in [2.24, 2.45) is 0 Å². The van der Waals surface area contributed by atoms with E-state index in [2.05, 4.69) is 57.8 Å². The predicted octanol–water partition coefficient (Wildman–Crippen LogP) is 6.40. The van der Waals surface area contributed by atoms with Crippen LogP contribution in [0.3, 0.4) is 0 Å². The Morgan fingerprint density at radius 3 is 2.64 bits per heavy atom. The second kappa shape index (κ2) is 6.98. The number of hydrogen-bond donors (Lipinski definition) is 0. The van der Waals surface area contributed by atoms with Gasteiger partial charge in [-0.3, -0.25) is 0 Å². The number of fused-ring (bicyclic) bond motifs is 1. The minimum Gasteiger partial charge on any atom is -0.457 e. The van der Waals surface area contributed by atoms with E-state index < -0.39 is 0 Å². The number of aryl methyl sites for hydroxylation is 1. The van der Waals surface area contributed by atoms with Crippen LogP contribution in [0.2, 0.25) is 0 Å². The molecule has 0 unspecified atom stereocenters. The first-order valence-electron chi connectivity index (χ1n) is 8.20. The van der Waals surface area contributed by atoms with E-state index in [0.717, 1.165) is 28.1 Å². The normalized spacial score (nSPS) is 11.6. The van der Waals surface area contributed by atoms with Gasteiger partial charge in [0.15, 0.2) is 0 Å². The highest BCUT2D eigenvalue weighted by atomic mass is 79.9. The van der Waals surface area contributed by atoms with Crippen LogP contribution in [-0.2, 0) is 6.54 Å². The molecule has 0 aliphatic carbocycles. The Kier molecular flexibility index (Phi) is 4.55. The van der Waals surface area contributed by atoms with Crippen molar-refractivity contribution in [3.8, 4) is 11.3 Å². The average Bonchev–Trinajstić information content (AvgIpc) is 3.24. The number of thiazole rings is 1. The van der Waals surface area contributed by atoms with E-state index in [4.69, 9.17) is 4.42 Å². The van der Waals surface area contributed by atoms with Gasteiger partial charge in [0.05, 0.1) is 0 Å². The van der Waals surface area contributed by atoms with Crippen molar-refractivity contribution >= 4 is 49.6 Å². The zero-order valence-corrected chi connectivity index (χ0v) is 16.2. The third kappa shape index (κ3) is 3.20. The van der Waals surface area contributed by atoms with Gasteiger partial charge in [-0.1, -0.05) is 57.6 Å². The number of para-hydroxylation sites is 1. The molecule has 0 aliphatic heterocycles. The van der Waals surface area contributed by atoms with Crippen LogP contribution in [0.15, 0.2) is 69.6 Å². The smallest absolute Gasteiger partial charge is 0.262 e. The van der Waals surface area contributed by atoms with Gasteiger partial charge in [-0.15, -0.1) is 0 Å². The molecule has 4 heteroatoms. The molecule has 2 heterocycles. The molecule has 0 aliphatic rings. The summed E-state index contributed by atoms with van der Waals surface area (Å²) >= 11 is 5.38. The van der Waals surface area contributed by atoms with Gasteiger partial charge in [-0.05, 0) is 37.3 Å². The molecular formula is C21H17BrNOS+. The van der Waals surface area contributed by atoms with Gasteiger partial charge in [-0.25, -0.2) is 0 Å². The number of furan rings is 1. The van der Waals surface area contributed by atoms with Crippen LogP contribution in [0, 0.1) is 0 Å². The van der Waals surface area contributed by atoms with Gasteiger partial charge in [0.1, 0.15) is 22.8 Å². The summed E-state index contributed by atoms with van der Waals surface area (Å²) in [5.74, 6) is 1.72. The van der Waals surface area contributed by atoms with Crippen LogP contribution in [0.4, 0.5) is 0 Å². The van der Waals surface area contributed by atoms with Crippen LogP contribution in [0.25, 0.3) is 33.7 Å². The second-order valence-corrected chi connectivity index (χ2v) is 7.58. The molecule has 2 aromatic heterocycles. The fourth-order valence-electron chi connectivity index (χ4n) is 2.90. The van der Waals surface area contributed by atoms with Crippen LogP contribution in [0.5, 0.6) is 0 Å². The van der Waals surface area contributed by atoms with E-state index in [1.807, 2.05) is 42.5 Å². The fraction of sp³-hybridized carbons (Fsp3) is 0.0952. The topological polar surface area (TPSA) is 17.0 Å². The summed E-state index contributed by atoms with van der Waals surface area (Å²) in [5.41, 5.74) is 2.34. The van der Waals surface area contributed by atoms with E-state index in [0.29, 0.717) is 0 Å². The van der Waals surface area contributed by atoms with E-state index in [1.54, 1.807) is 11.3 Å². The lowest BCUT2D eigenvalue weighted by Gasteiger charge is -1.99. The molecule has 0 saturated carbocycles. The summed E-state index contributed by atoms with van der Waals surface area (Å²) in [4.78, 5) is 0. The Labute approximate surface area is 159 Å². The predicted molar refractivity (Wildman–Crippen MR) is 108 cm³/mol. The minimum absolute atomic E-state index is 0.853. The van der Waals surface area contributed by atoms with Crippen LogP contribution < -0.4 is 4.57 Å². The van der Waals surface area contributed by atoms with E-state index in [1.165, 1.54) is 15.2 Å². The molecule has 2 nitrogen and oxygen atoms in total. The molecule has 4 rings (SSSR count). The standard InChI is InChI=1S/C21H17BrNOS/c1-2-23-18-9-5-6-10-20(18)25-21(23)14-12-15-11-13-19(24-15)16-7-3-4-8-17(16)22/h3-14H,2H2,1H3/q+1/b14-12+. The quantitative estimate of drug-likeness (QED) is 0.355. The molecule has 4 aromatic rings. The lowest BCUT2D eigenvalue weighted by atomic mass is 10.2. The third-order valence-corrected chi connectivity index (χ3v) is 5.93. The minimum atomic E-state index is 0.853. The van der Waals surface area contributed by atoms with Gasteiger partial charge >= 0.3 is 0 Å². The Morgan fingerprint density at radius 2 is 1.80 bits per heavy atom. The molecule has 0 saturated heterocycles. The Morgan fingerprint density at radius 1 is 1.00 bits per heavy atom. The molecule has 0 N–H and O–H groups in total. The van der Waals surface area contributed by atoms with Crippen molar-refractivity contribution in [1.29, 1.82) is 0 Å². The summed E-state index contributed by atoms with van der Waals surface area (Å²) in [6.07, 6.45) is 4.17. The first kappa shape index (κ1) is 16.3. The summed E-state index contributed by atoms with van der Waals surface area (Å²) in [6.45, 7) is 3.12. The van der Waals surface area contributed by atoms with Gasteiger partial charge in [-0.2, -0.15) is 4.57 Å². The van der Waals surface area contributed by atoms with E-state index in [9.17, 15) is 0 Å². The maximum Gasteiger partial charge on any atom is 0.262 e. The van der Waals surface area contributed by atoms with Crippen molar-refractivity contribution < 1.29 is 8.98 Å². The van der Waals surface area contributed by atoms with Crippen molar-refractivity contribution in [3.63, 3.8) is 0 Å². The maximum atomic E-state index is 6.00. The third-order valence-electron chi connectivity index (χ3n) is 4.11. The molecule has 25 heavy (non-hydrogen) atoms. The maximum absolute atomic E-state index is 6.00. The number of aromatic nitrogens is 1. The van der Waals surface area contributed by atoms with Gasteiger partial charge in [0.2, 0.25) is 5.52 Å². The average molecular weight is 411 g/mol. The Balaban J connectivity index is 1.66. The van der Waals surface area contributed by atoms with E-state index >= 15 is 0 Å². The first-order chi connectivity index (χ1) is 12.3. The number of nitrogens with zero attached hydrogens (tertiary/aromatic N) is 1. The van der Waals surface area contributed by atoms with Gasteiger partial charge in [0, 0.05) is 22.2 Å². The molecule has 2 aromatic carbocycles. The van der Waals surface area contributed by atoms with Crippen molar-refractivity contribution in [3.05, 3.63) is 75.9 Å². The summed E-state index contributed by atoms with van der Waals surface area (Å²) < 4.78 is 10.7. The van der Waals surface area contributed by atoms with Crippen LogP contribution in [-0.4, -0.2) is 0 Å². The lowest BCUT2D eigenvalue weighted by Crippen LogP contribution is -2.33. The highest BCUT2D eigenvalue weighted by molar-refractivity contribution is 9.10. The van der Waals surface area contributed by atoms with Crippen molar-refractivity contribution in [2.45, 2.75) is 13.5 Å². The van der Waals surface area contributed by atoms with Gasteiger partial charge in [0.25, 0.3) is 5.01 Å². The van der Waals surface area contributed by atoms with Crippen molar-refractivity contribution in [1.82, 2.24) is 0 Å². The lowest BCUT2D eigenvalue weighted by molar-refractivity contribution is -0.665. The summed E-state index contributed by atoms with van der Waals surface area (Å²) in [6, 6.07) is 20.6. The molecule has 0 fully saturated rings. The molecular weight excluding hydrogens is 394 g/mol. The van der Waals surface area contributed by atoms with Crippen LogP contribution >= 0.6 is 27.3 Å². The van der Waals surface area contributed by atoms with E-state index in [-0.39, 0.29) is 0 Å². The molecule has 0 bridgehead atoms. The molecule has 0 atom stereocenters. The monoisotopic (exact) mass is 410 g/mol. The molecule has 0 amide bonds. The Bertz CT molecular complexity index is 1060. The largest absolute Gasteiger partial charge is 0.457 e. The van der Waals surface area contributed by atoms with Crippen LogP contribution in [0.1, 0.15) is 17.7 Å². The molecule has 0 radical (unpaired) electrons. The molecule has 124 valence electrons. The zero-order chi connectivity index (χ0) is 17.2. The summed E-state index contributed by atoms with van der Waals surface area (Å²) in [7, 11) is 0. The van der Waals surface area contributed by atoms with Gasteiger partial charge < -0.3 is 4.42 Å². The molecule has 0 spiro atoms. The van der Waals surface area contributed by atoms with Crippen molar-refractivity contribution in [2.75, 3.05) is 0 Å². The highest BCUT2D eigenvalue weighted by Crippen LogP contribution is 2.30.